The van der Waals surface area contributed by atoms with Crippen molar-refractivity contribution >= 4 is 48.2 Å². The maximum absolute atomic E-state index is 7.84. The van der Waals surface area contributed by atoms with E-state index in [1.807, 2.05) is 19.1 Å². The number of guanidine groups is 1. The molecule has 6 nitrogen and oxygen atoms in total. The first-order chi connectivity index (χ1) is 10.1. The molecule has 0 saturated heterocycles. The quantitative estimate of drug-likeness (QED) is 0.557. The third kappa shape index (κ3) is 3.09. The number of nitrogens with one attached hydrogen (secondary N) is 1. The highest BCUT2D eigenvalue weighted by molar-refractivity contribution is 6.24. The lowest BCUT2D eigenvalue weighted by Crippen LogP contribution is -2.46. The summed E-state index contributed by atoms with van der Waals surface area (Å²) in [7, 11) is 0. The summed E-state index contributed by atoms with van der Waals surface area (Å²) in [6, 6.07) is 8.19. The second kappa shape index (κ2) is 7.10. The molecule has 0 amide bonds. The molecular weight excluding hydrogens is 335 g/mol. The minimum absolute atomic E-state index is 0. The molecule has 1 aliphatic carbocycles. The first-order valence-electron chi connectivity index (χ1n) is 7.01. The molecular formula is C15H20Cl2N6. The molecule has 0 saturated carbocycles. The second-order valence-corrected chi connectivity index (χ2v) is 5.25. The highest BCUT2D eigenvalue weighted by atomic mass is 35.5. The van der Waals surface area contributed by atoms with Gasteiger partial charge in [-0.15, -0.1) is 24.8 Å². The Hall–Kier alpha value is -1.92. The van der Waals surface area contributed by atoms with E-state index in [0.717, 1.165) is 24.1 Å². The van der Waals surface area contributed by atoms with E-state index in [0.29, 0.717) is 12.3 Å². The van der Waals surface area contributed by atoms with E-state index < -0.39 is 5.54 Å². The minimum atomic E-state index is -1.01. The van der Waals surface area contributed by atoms with Crippen LogP contribution in [0.3, 0.4) is 0 Å². The fourth-order valence-corrected chi connectivity index (χ4v) is 2.85. The molecule has 3 rings (SSSR count). The number of aryl methyl sites for hydroxylation is 1. The number of fused-ring (bicyclic) bond motifs is 1. The van der Waals surface area contributed by atoms with Gasteiger partial charge >= 0.3 is 0 Å². The standard InChI is InChI=1S/C15H18N6.2ClH/c1-2-15(12(16)17)13(20-14(18)21-15)19-11-8-7-9-5-3-4-6-10(9)11;;/h3-6H,2,7-8H2,1H3,(H3,16,17)(H2,18,21);2*1H. The van der Waals surface area contributed by atoms with Crippen LogP contribution >= 0.6 is 24.8 Å². The van der Waals surface area contributed by atoms with E-state index in [1.165, 1.54) is 5.56 Å². The van der Waals surface area contributed by atoms with Crippen LogP contribution in [0, 0.1) is 5.41 Å². The van der Waals surface area contributed by atoms with Crippen LogP contribution in [0.25, 0.3) is 0 Å². The van der Waals surface area contributed by atoms with Crippen LogP contribution in [0.5, 0.6) is 0 Å². The maximum Gasteiger partial charge on any atom is 0.218 e. The van der Waals surface area contributed by atoms with Gasteiger partial charge in [-0.25, -0.2) is 9.98 Å². The van der Waals surface area contributed by atoms with Gasteiger partial charge in [-0.1, -0.05) is 31.2 Å². The molecule has 0 radical (unpaired) electrons. The average Bonchev–Trinajstić information content (AvgIpc) is 3.01. The number of halogens is 2. The molecule has 1 heterocycles. The summed E-state index contributed by atoms with van der Waals surface area (Å²) in [6.07, 6.45) is 2.34. The molecule has 124 valence electrons. The van der Waals surface area contributed by atoms with Crippen LogP contribution in [0.2, 0.25) is 0 Å². The molecule has 2 aliphatic rings. The van der Waals surface area contributed by atoms with Crippen molar-refractivity contribution in [2.45, 2.75) is 31.7 Å². The Kier molecular flexibility index (Phi) is 5.91. The van der Waals surface area contributed by atoms with Crippen molar-refractivity contribution in [2.75, 3.05) is 0 Å². The lowest BCUT2D eigenvalue weighted by Gasteiger charge is -2.22. The summed E-state index contributed by atoms with van der Waals surface area (Å²) in [4.78, 5) is 13.1. The Bertz CT molecular complexity index is 710. The lowest BCUT2D eigenvalue weighted by atomic mass is 9.94. The normalized spacial score (nSPS) is 23.4. The molecule has 8 heteroatoms. The van der Waals surface area contributed by atoms with E-state index in [9.17, 15) is 0 Å². The van der Waals surface area contributed by atoms with E-state index >= 15 is 0 Å². The number of nitrogens with two attached hydrogens (primary N) is 2. The Morgan fingerprint density at radius 1 is 1.30 bits per heavy atom. The van der Waals surface area contributed by atoms with Crippen LogP contribution in [-0.2, 0) is 6.42 Å². The number of nitrogens with zero attached hydrogens (tertiary/aromatic N) is 3. The topological polar surface area (TPSA) is 113 Å². The molecule has 1 aromatic carbocycles. The highest BCUT2D eigenvalue weighted by Gasteiger charge is 2.42. The maximum atomic E-state index is 7.84. The second-order valence-electron chi connectivity index (χ2n) is 5.25. The summed E-state index contributed by atoms with van der Waals surface area (Å²) in [6.45, 7) is 1.90. The zero-order chi connectivity index (χ0) is 15.0. The number of benzene rings is 1. The van der Waals surface area contributed by atoms with E-state index in [4.69, 9.17) is 16.9 Å². The number of amidine groups is 2. The number of hydrogen-bond donors (Lipinski definition) is 3. The van der Waals surface area contributed by atoms with Crippen molar-refractivity contribution in [3.8, 4) is 0 Å². The van der Waals surface area contributed by atoms with Crippen molar-refractivity contribution < 1.29 is 0 Å². The molecule has 5 N–H and O–H groups in total. The Balaban J connectivity index is 0.00000132. The van der Waals surface area contributed by atoms with Gasteiger partial charge in [0.2, 0.25) is 5.96 Å². The summed E-state index contributed by atoms with van der Waals surface area (Å²) < 4.78 is 0. The van der Waals surface area contributed by atoms with Crippen molar-refractivity contribution in [1.29, 1.82) is 5.41 Å². The molecule has 0 bridgehead atoms. The third-order valence-corrected chi connectivity index (χ3v) is 4.05. The van der Waals surface area contributed by atoms with Gasteiger partial charge in [0.25, 0.3) is 0 Å². The van der Waals surface area contributed by atoms with Gasteiger partial charge < -0.3 is 11.5 Å². The molecule has 0 fully saturated rings. The van der Waals surface area contributed by atoms with Crippen LogP contribution in [0.4, 0.5) is 0 Å². The van der Waals surface area contributed by atoms with Gasteiger partial charge in [0.15, 0.2) is 11.4 Å². The van der Waals surface area contributed by atoms with Crippen molar-refractivity contribution in [3.63, 3.8) is 0 Å². The molecule has 1 unspecified atom stereocenters. The summed E-state index contributed by atoms with van der Waals surface area (Å²) in [5, 5.41) is 7.84. The Morgan fingerprint density at radius 2 is 2.00 bits per heavy atom. The Labute approximate surface area is 147 Å². The van der Waals surface area contributed by atoms with Gasteiger partial charge in [-0.05, 0) is 30.4 Å². The zero-order valence-corrected chi connectivity index (χ0v) is 14.4. The molecule has 1 aliphatic heterocycles. The van der Waals surface area contributed by atoms with Crippen LogP contribution in [-0.4, -0.2) is 28.9 Å². The first kappa shape index (κ1) is 19.1. The van der Waals surface area contributed by atoms with Gasteiger partial charge in [0.05, 0.1) is 5.71 Å². The van der Waals surface area contributed by atoms with Crippen molar-refractivity contribution in [1.82, 2.24) is 0 Å². The Morgan fingerprint density at radius 3 is 2.65 bits per heavy atom. The molecule has 1 atom stereocenters. The van der Waals surface area contributed by atoms with Crippen molar-refractivity contribution in [3.05, 3.63) is 35.4 Å². The number of rotatable bonds is 2. The van der Waals surface area contributed by atoms with Gasteiger partial charge in [0, 0.05) is 0 Å². The molecule has 0 spiro atoms. The SMILES string of the molecule is CCC1(C(=N)N)N=C(N)N=C1N=C1CCc2ccccc21.Cl.Cl. The van der Waals surface area contributed by atoms with Gasteiger partial charge in [-0.2, -0.15) is 4.99 Å². The van der Waals surface area contributed by atoms with E-state index in [1.54, 1.807) is 0 Å². The minimum Gasteiger partial charge on any atom is -0.385 e. The van der Waals surface area contributed by atoms with Crippen molar-refractivity contribution in [2.24, 2.45) is 26.4 Å². The molecule has 0 aromatic heterocycles. The summed E-state index contributed by atoms with van der Waals surface area (Å²) >= 11 is 0. The molecule has 23 heavy (non-hydrogen) atoms. The van der Waals surface area contributed by atoms with Gasteiger partial charge in [0.1, 0.15) is 5.84 Å². The lowest BCUT2D eigenvalue weighted by molar-refractivity contribution is 0.706. The van der Waals surface area contributed by atoms with Crippen LogP contribution in [0.1, 0.15) is 30.9 Å². The van der Waals surface area contributed by atoms with E-state index in [-0.39, 0.29) is 36.6 Å². The summed E-state index contributed by atoms with van der Waals surface area (Å²) in [5.41, 5.74) is 13.8. The predicted molar refractivity (Wildman–Crippen MR) is 99.8 cm³/mol. The monoisotopic (exact) mass is 354 g/mol. The fraction of sp³-hybridized carbons (Fsp3) is 0.333. The number of aliphatic imine (C=N–C) groups is 3. The summed E-state index contributed by atoms with van der Waals surface area (Å²) in [5.74, 6) is 0.499. The van der Waals surface area contributed by atoms with Crippen LogP contribution < -0.4 is 11.5 Å². The van der Waals surface area contributed by atoms with Crippen LogP contribution in [0.15, 0.2) is 39.2 Å². The van der Waals surface area contributed by atoms with E-state index in [2.05, 4.69) is 27.1 Å². The first-order valence-corrected chi connectivity index (χ1v) is 7.01. The molecule has 1 aromatic rings. The fourth-order valence-electron chi connectivity index (χ4n) is 2.85. The zero-order valence-electron chi connectivity index (χ0n) is 12.7. The average molecular weight is 355 g/mol. The smallest absolute Gasteiger partial charge is 0.218 e. The predicted octanol–water partition coefficient (Wildman–Crippen LogP) is 2.08. The largest absolute Gasteiger partial charge is 0.385 e. The van der Waals surface area contributed by atoms with Gasteiger partial charge in [-0.3, -0.25) is 5.41 Å². The highest BCUT2D eigenvalue weighted by Crippen LogP contribution is 2.27. The third-order valence-electron chi connectivity index (χ3n) is 4.05. The number of hydrogen-bond acceptors (Lipinski definition) is 5.